The molecule has 0 aliphatic carbocycles. The first-order chi connectivity index (χ1) is 13.5. The first-order valence-electron chi connectivity index (χ1n) is 8.85. The summed E-state index contributed by atoms with van der Waals surface area (Å²) in [5.74, 6) is -1.81. The number of aliphatic hydroxyl groups is 1. The van der Waals surface area contributed by atoms with E-state index in [1.165, 1.54) is 19.1 Å². The molecule has 0 fully saturated rings. The van der Waals surface area contributed by atoms with Crippen LogP contribution in [-0.4, -0.2) is 28.8 Å². The molecule has 0 aliphatic heterocycles. The number of esters is 1. The Labute approximate surface area is 176 Å². The lowest BCUT2D eigenvalue weighted by molar-refractivity contribution is -0.274. The van der Waals surface area contributed by atoms with Gasteiger partial charge < -0.3 is 9.84 Å². The maximum Gasteiger partial charge on any atom is 0.422 e. The summed E-state index contributed by atoms with van der Waals surface area (Å²) in [6.45, 7) is 3.20. The van der Waals surface area contributed by atoms with Crippen molar-refractivity contribution in [1.29, 1.82) is 0 Å². The number of halogens is 5. The lowest BCUT2D eigenvalue weighted by Crippen LogP contribution is -2.46. The van der Waals surface area contributed by atoms with Crippen molar-refractivity contribution in [3.63, 3.8) is 0 Å². The zero-order valence-electron chi connectivity index (χ0n) is 15.8. The number of alkyl halides is 3. The number of rotatable bonds is 7. The number of ether oxygens (including phenoxy) is 1. The van der Waals surface area contributed by atoms with Crippen LogP contribution in [0, 0.1) is 0 Å². The van der Waals surface area contributed by atoms with Crippen LogP contribution >= 0.6 is 23.2 Å². The van der Waals surface area contributed by atoms with Gasteiger partial charge in [0, 0.05) is 23.6 Å². The van der Waals surface area contributed by atoms with E-state index in [4.69, 9.17) is 27.9 Å². The summed E-state index contributed by atoms with van der Waals surface area (Å²) in [6, 6.07) is 6.54. The van der Waals surface area contributed by atoms with E-state index in [2.05, 4.69) is 4.98 Å². The molecule has 9 heteroatoms. The van der Waals surface area contributed by atoms with Crippen molar-refractivity contribution in [3.05, 3.63) is 63.4 Å². The van der Waals surface area contributed by atoms with E-state index in [1.54, 1.807) is 13.0 Å². The number of nitrogens with zero attached hydrogens (tertiary/aromatic N) is 1. The minimum Gasteiger partial charge on any atom is -0.466 e. The van der Waals surface area contributed by atoms with Crippen molar-refractivity contribution in [2.45, 2.75) is 44.4 Å². The average molecular weight is 450 g/mol. The van der Waals surface area contributed by atoms with Crippen molar-refractivity contribution < 1.29 is 27.8 Å². The number of hydrogen-bond donors (Lipinski definition) is 1. The Hall–Kier alpha value is -1.83. The summed E-state index contributed by atoms with van der Waals surface area (Å²) in [6.07, 6.45) is -3.44. The summed E-state index contributed by atoms with van der Waals surface area (Å²) >= 11 is 12.0. The summed E-state index contributed by atoms with van der Waals surface area (Å²) in [5.41, 5.74) is -2.88. The molecular weight excluding hydrogens is 430 g/mol. The Bertz CT molecular complexity index is 876. The Morgan fingerprint density at radius 3 is 2.48 bits per heavy atom. The minimum atomic E-state index is -5.00. The number of aromatic nitrogens is 1. The molecule has 0 saturated heterocycles. The predicted octanol–water partition coefficient (Wildman–Crippen LogP) is 5.44. The molecular formula is C20H20Cl2F3NO3. The maximum absolute atomic E-state index is 13.9. The van der Waals surface area contributed by atoms with Gasteiger partial charge in [0.2, 0.25) is 0 Å². The average Bonchev–Trinajstić information content (AvgIpc) is 2.64. The van der Waals surface area contributed by atoms with Crippen LogP contribution in [0.1, 0.15) is 42.9 Å². The van der Waals surface area contributed by atoms with Crippen LogP contribution in [0.4, 0.5) is 13.2 Å². The molecule has 0 bridgehead atoms. The van der Waals surface area contributed by atoms with Gasteiger partial charge in [-0.3, -0.25) is 4.79 Å². The van der Waals surface area contributed by atoms with E-state index in [1.807, 2.05) is 0 Å². The van der Waals surface area contributed by atoms with Crippen LogP contribution in [-0.2, 0) is 21.6 Å². The van der Waals surface area contributed by atoms with Crippen molar-refractivity contribution in [3.8, 4) is 0 Å². The second-order valence-corrected chi connectivity index (χ2v) is 7.31. The molecule has 0 amide bonds. The van der Waals surface area contributed by atoms with E-state index in [0.717, 1.165) is 18.3 Å². The van der Waals surface area contributed by atoms with Crippen molar-refractivity contribution in [2.24, 2.45) is 0 Å². The van der Waals surface area contributed by atoms with E-state index in [0.29, 0.717) is 12.0 Å². The molecule has 2 atom stereocenters. The standard InChI is InChI=1S/C20H20Cl2F3NO3/c1-3-29-18(27)7-5-13-4-6-15(16(21)10-13)12(2)19(28,20(23,24)25)14-8-9-26-17(22)11-14/h4,6,8-12,28H,3,5,7H2,1-2H3. The second-order valence-electron chi connectivity index (χ2n) is 6.51. The lowest BCUT2D eigenvalue weighted by Gasteiger charge is -2.37. The molecule has 2 unspecified atom stereocenters. The molecule has 2 rings (SSSR count). The normalized spacial score (nSPS) is 14.9. The van der Waals surface area contributed by atoms with Gasteiger partial charge >= 0.3 is 12.1 Å². The van der Waals surface area contributed by atoms with E-state index in [9.17, 15) is 23.1 Å². The first-order valence-corrected chi connectivity index (χ1v) is 9.61. The van der Waals surface area contributed by atoms with Crippen molar-refractivity contribution in [2.75, 3.05) is 6.61 Å². The van der Waals surface area contributed by atoms with Crippen LogP contribution in [0.2, 0.25) is 10.2 Å². The quantitative estimate of drug-likeness (QED) is 0.451. The lowest BCUT2D eigenvalue weighted by atomic mass is 9.78. The third-order valence-corrected chi connectivity index (χ3v) is 5.21. The molecule has 0 saturated carbocycles. The third-order valence-electron chi connectivity index (χ3n) is 4.68. The predicted molar refractivity (Wildman–Crippen MR) is 104 cm³/mol. The van der Waals surface area contributed by atoms with Gasteiger partial charge in [-0.1, -0.05) is 42.3 Å². The van der Waals surface area contributed by atoms with Crippen LogP contribution < -0.4 is 0 Å². The highest BCUT2D eigenvalue weighted by Gasteiger charge is 2.59. The number of pyridine rings is 1. The molecule has 0 spiro atoms. The summed E-state index contributed by atoms with van der Waals surface area (Å²) in [5, 5.41) is 10.7. The highest BCUT2D eigenvalue weighted by molar-refractivity contribution is 6.31. The Morgan fingerprint density at radius 2 is 1.93 bits per heavy atom. The number of benzene rings is 1. The Morgan fingerprint density at radius 1 is 1.24 bits per heavy atom. The number of carbonyl (C=O) groups is 1. The third kappa shape index (κ3) is 5.21. The van der Waals surface area contributed by atoms with Crippen molar-refractivity contribution in [1.82, 2.24) is 4.98 Å². The Kier molecular flexibility index (Phi) is 7.54. The van der Waals surface area contributed by atoms with E-state index in [-0.39, 0.29) is 34.7 Å². The van der Waals surface area contributed by atoms with Gasteiger partial charge in [-0.05, 0) is 48.2 Å². The van der Waals surface area contributed by atoms with Crippen LogP contribution in [0.15, 0.2) is 36.5 Å². The molecule has 1 aromatic carbocycles. The highest BCUT2D eigenvalue weighted by Crippen LogP contribution is 2.49. The fourth-order valence-electron chi connectivity index (χ4n) is 3.08. The summed E-state index contributed by atoms with van der Waals surface area (Å²) in [7, 11) is 0. The van der Waals surface area contributed by atoms with Gasteiger partial charge in [0.1, 0.15) is 5.15 Å². The molecule has 158 valence electrons. The first kappa shape index (κ1) is 23.4. The summed E-state index contributed by atoms with van der Waals surface area (Å²) < 4.78 is 46.7. The van der Waals surface area contributed by atoms with E-state index < -0.39 is 23.3 Å². The fourth-order valence-corrected chi connectivity index (χ4v) is 3.62. The summed E-state index contributed by atoms with van der Waals surface area (Å²) in [4.78, 5) is 15.1. The topological polar surface area (TPSA) is 59.4 Å². The number of hydrogen-bond acceptors (Lipinski definition) is 4. The molecule has 1 heterocycles. The van der Waals surface area contributed by atoms with E-state index >= 15 is 0 Å². The fraction of sp³-hybridized carbons (Fsp3) is 0.400. The van der Waals surface area contributed by atoms with Gasteiger partial charge in [0.15, 0.2) is 5.60 Å². The molecule has 1 N–H and O–H groups in total. The molecule has 29 heavy (non-hydrogen) atoms. The van der Waals surface area contributed by atoms with Crippen LogP contribution in [0.3, 0.4) is 0 Å². The number of aryl methyl sites for hydroxylation is 1. The van der Waals surface area contributed by atoms with Crippen molar-refractivity contribution >= 4 is 29.2 Å². The van der Waals surface area contributed by atoms with Gasteiger partial charge in [0.05, 0.1) is 6.61 Å². The maximum atomic E-state index is 13.9. The Balaban J connectivity index is 2.37. The van der Waals surface area contributed by atoms with Gasteiger partial charge in [-0.2, -0.15) is 13.2 Å². The molecule has 1 aromatic heterocycles. The molecule has 2 aromatic rings. The molecule has 0 aliphatic rings. The zero-order chi connectivity index (χ0) is 21.8. The van der Waals surface area contributed by atoms with Gasteiger partial charge in [0.25, 0.3) is 0 Å². The largest absolute Gasteiger partial charge is 0.466 e. The minimum absolute atomic E-state index is 0.0571. The monoisotopic (exact) mass is 449 g/mol. The smallest absolute Gasteiger partial charge is 0.422 e. The number of carbonyl (C=O) groups excluding carboxylic acids is 1. The molecule has 4 nitrogen and oxygen atoms in total. The zero-order valence-corrected chi connectivity index (χ0v) is 17.3. The van der Waals surface area contributed by atoms with Gasteiger partial charge in [-0.15, -0.1) is 0 Å². The van der Waals surface area contributed by atoms with Gasteiger partial charge in [-0.25, -0.2) is 4.98 Å². The van der Waals surface area contributed by atoms with Crippen LogP contribution in [0.25, 0.3) is 0 Å². The molecule has 0 radical (unpaired) electrons. The van der Waals surface area contributed by atoms with Crippen LogP contribution in [0.5, 0.6) is 0 Å². The second kappa shape index (κ2) is 9.32. The highest BCUT2D eigenvalue weighted by atomic mass is 35.5. The SMILES string of the molecule is CCOC(=O)CCc1ccc(C(C)C(O)(c2ccnc(Cl)c2)C(F)(F)F)c(Cl)c1.